The Balaban J connectivity index is 1.43. The van der Waals surface area contributed by atoms with Crippen LogP contribution in [0, 0.1) is 19.7 Å². The number of anilines is 2. The van der Waals surface area contributed by atoms with Crippen LogP contribution in [0.4, 0.5) is 29.1 Å². The Labute approximate surface area is 210 Å². The van der Waals surface area contributed by atoms with Gasteiger partial charge >= 0.3 is 6.18 Å². The zero-order valence-electron chi connectivity index (χ0n) is 20.1. The molecule has 0 saturated heterocycles. The van der Waals surface area contributed by atoms with Gasteiger partial charge in [-0.3, -0.25) is 9.48 Å². The average molecular weight is 513 g/mol. The molecule has 37 heavy (non-hydrogen) atoms. The fourth-order valence-electron chi connectivity index (χ4n) is 4.61. The Hall–Kier alpha value is -4.15. The maximum absolute atomic E-state index is 14.0. The van der Waals surface area contributed by atoms with Crippen molar-refractivity contribution >= 4 is 17.4 Å². The zero-order chi connectivity index (χ0) is 26.3. The minimum Gasteiger partial charge on any atom is -0.363 e. The fraction of sp³-hybridized carbons (Fsp3) is 0.269. The summed E-state index contributed by atoms with van der Waals surface area (Å²) in [5.41, 5.74) is 3.15. The quantitative estimate of drug-likeness (QED) is 0.332. The molecule has 0 saturated carbocycles. The predicted molar refractivity (Wildman–Crippen MR) is 130 cm³/mol. The van der Waals surface area contributed by atoms with Gasteiger partial charge in [0.2, 0.25) is 0 Å². The summed E-state index contributed by atoms with van der Waals surface area (Å²) in [5, 5.41) is 14.3. The summed E-state index contributed by atoms with van der Waals surface area (Å²) < 4.78 is 57.6. The minimum absolute atomic E-state index is 0.0000318. The smallest absolute Gasteiger partial charge is 0.363 e. The number of halogens is 4. The number of aryl methyl sites for hydroxylation is 1. The standard InChI is InChI=1S/C26H24F4N6O/c1-15-23(16(2)35(34-15)14-17-8-10-19(27)11-9-17)33-25(37)20-13-31-36-22(26(28,29)30)12-21(32-24(20)36)18-6-4-3-5-7-18/h3-11,13,21-22,32H,12,14H2,1-2H3,(H,33,37)/t21-,22+/m0/s1. The molecule has 5 rings (SSSR count). The first-order valence-electron chi connectivity index (χ1n) is 11.7. The van der Waals surface area contributed by atoms with Crippen LogP contribution < -0.4 is 10.6 Å². The molecular formula is C26H24F4N6O. The summed E-state index contributed by atoms with van der Waals surface area (Å²) in [7, 11) is 0. The lowest BCUT2D eigenvalue weighted by Gasteiger charge is -2.34. The van der Waals surface area contributed by atoms with Gasteiger partial charge in [0.1, 0.15) is 17.2 Å². The summed E-state index contributed by atoms with van der Waals surface area (Å²) in [6.45, 7) is 3.86. The molecule has 4 aromatic rings. The molecule has 1 aliphatic heterocycles. The number of nitrogens with zero attached hydrogens (tertiary/aromatic N) is 4. The molecule has 0 unspecified atom stereocenters. The van der Waals surface area contributed by atoms with Gasteiger partial charge in [-0.15, -0.1) is 0 Å². The number of alkyl halides is 3. The Bertz CT molecular complexity index is 1430. The number of fused-ring (bicyclic) bond motifs is 1. The van der Waals surface area contributed by atoms with Gasteiger partial charge in [0.05, 0.1) is 35.9 Å². The second-order valence-electron chi connectivity index (χ2n) is 9.04. The Morgan fingerprint density at radius 2 is 1.81 bits per heavy atom. The van der Waals surface area contributed by atoms with Gasteiger partial charge in [-0.05, 0) is 37.1 Å². The molecule has 2 aromatic carbocycles. The lowest BCUT2D eigenvalue weighted by atomic mass is 9.96. The van der Waals surface area contributed by atoms with Gasteiger partial charge in [0.15, 0.2) is 6.04 Å². The van der Waals surface area contributed by atoms with E-state index in [9.17, 15) is 22.4 Å². The first kappa shape index (κ1) is 24.5. The van der Waals surface area contributed by atoms with Crippen LogP contribution in [0.3, 0.4) is 0 Å². The third kappa shape index (κ3) is 4.81. The first-order valence-corrected chi connectivity index (χ1v) is 11.7. The van der Waals surface area contributed by atoms with Crippen molar-refractivity contribution in [2.24, 2.45) is 0 Å². The Morgan fingerprint density at radius 1 is 1.11 bits per heavy atom. The van der Waals surface area contributed by atoms with Gasteiger partial charge < -0.3 is 10.6 Å². The van der Waals surface area contributed by atoms with Crippen LogP contribution in [0.15, 0.2) is 60.8 Å². The van der Waals surface area contributed by atoms with Crippen molar-refractivity contribution in [3.05, 3.63) is 94.7 Å². The van der Waals surface area contributed by atoms with E-state index >= 15 is 0 Å². The van der Waals surface area contributed by atoms with Crippen molar-refractivity contribution in [3.63, 3.8) is 0 Å². The van der Waals surface area contributed by atoms with E-state index in [0.717, 1.165) is 16.4 Å². The van der Waals surface area contributed by atoms with Crippen LogP contribution in [-0.2, 0) is 6.54 Å². The molecule has 0 radical (unpaired) electrons. The monoisotopic (exact) mass is 512 g/mol. The number of amides is 1. The molecule has 2 atom stereocenters. The molecule has 0 bridgehead atoms. The molecular weight excluding hydrogens is 488 g/mol. The van der Waals surface area contributed by atoms with Gasteiger partial charge in [0, 0.05) is 6.42 Å². The van der Waals surface area contributed by atoms with Gasteiger partial charge in [0.25, 0.3) is 5.91 Å². The van der Waals surface area contributed by atoms with E-state index in [1.54, 1.807) is 61.0 Å². The van der Waals surface area contributed by atoms with Crippen LogP contribution in [0.25, 0.3) is 0 Å². The van der Waals surface area contributed by atoms with Crippen molar-refractivity contribution in [1.29, 1.82) is 0 Å². The summed E-state index contributed by atoms with van der Waals surface area (Å²) in [6, 6.07) is 12.3. The van der Waals surface area contributed by atoms with Crippen molar-refractivity contribution in [1.82, 2.24) is 19.6 Å². The second kappa shape index (κ2) is 9.38. The van der Waals surface area contributed by atoms with Crippen LogP contribution in [0.1, 0.15) is 51.4 Å². The normalized spacial score (nSPS) is 17.2. The molecule has 0 aliphatic carbocycles. The third-order valence-corrected chi connectivity index (χ3v) is 6.55. The average Bonchev–Trinajstić information content (AvgIpc) is 3.41. The minimum atomic E-state index is -4.54. The Morgan fingerprint density at radius 3 is 2.49 bits per heavy atom. The van der Waals surface area contributed by atoms with Gasteiger partial charge in [-0.25, -0.2) is 9.07 Å². The molecule has 2 aromatic heterocycles. The van der Waals surface area contributed by atoms with E-state index < -0.39 is 24.2 Å². The number of rotatable bonds is 5. The van der Waals surface area contributed by atoms with Crippen LogP contribution in [0.5, 0.6) is 0 Å². The summed E-state index contributed by atoms with van der Waals surface area (Å²) >= 11 is 0. The third-order valence-electron chi connectivity index (χ3n) is 6.55. The molecule has 7 nitrogen and oxygen atoms in total. The van der Waals surface area contributed by atoms with Gasteiger partial charge in [-0.1, -0.05) is 42.5 Å². The van der Waals surface area contributed by atoms with Crippen molar-refractivity contribution < 1.29 is 22.4 Å². The van der Waals surface area contributed by atoms with Gasteiger partial charge in [-0.2, -0.15) is 23.4 Å². The van der Waals surface area contributed by atoms with E-state index in [1.807, 2.05) is 0 Å². The van der Waals surface area contributed by atoms with E-state index in [1.165, 1.54) is 12.1 Å². The molecule has 1 amide bonds. The molecule has 0 spiro atoms. The summed E-state index contributed by atoms with van der Waals surface area (Å²) in [4.78, 5) is 13.3. The lowest BCUT2D eigenvalue weighted by molar-refractivity contribution is -0.173. The largest absolute Gasteiger partial charge is 0.410 e. The lowest BCUT2D eigenvalue weighted by Crippen LogP contribution is -2.36. The number of hydrogen-bond donors (Lipinski definition) is 2. The fourth-order valence-corrected chi connectivity index (χ4v) is 4.61. The second-order valence-corrected chi connectivity index (χ2v) is 9.04. The van der Waals surface area contributed by atoms with Crippen molar-refractivity contribution in [3.8, 4) is 0 Å². The number of hydrogen-bond acceptors (Lipinski definition) is 4. The number of aromatic nitrogens is 4. The van der Waals surface area contributed by atoms with Crippen LogP contribution in [-0.4, -0.2) is 31.6 Å². The molecule has 3 heterocycles. The maximum atomic E-state index is 14.0. The van der Waals surface area contributed by atoms with E-state index in [4.69, 9.17) is 0 Å². The molecule has 11 heteroatoms. The highest BCUT2D eigenvalue weighted by atomic mass is 19.4. The van der Waals surface area contributed by atoms with E-state index in [-0.39, 0.29) is 23.6 Å². The highest BCUT2D eigenvalue weighted by Gasteiger charge is 2.47. The SMILES string of the molecule is Cc1nn(Cc2ccc(F)cc2)c(C)c1NC(=O)c1cnn2c1N[C@H](c1ccccc1)C[C@@H]2C(F)(F)F. The topological polar surface area (TPSA) is 76.8 Å². The molecule has 192 valence electrons. The zero-order valence-corrected chi connectivity index (χ0v) is 20.1. The Kier molecular flexibility index (Phi) is 6.22. The van der Waals surface area contributed by atoms with Crippen molar-refractivity contribution in [2.45, 2.75) is 45.1 Å². The summed E-state index contributed by atoms with van der Waals surface area (Å²) in [5.74, 6) is -0.935. The van der Waals surface area contributed by atoms with Crippen LogP contribution in [0.2, 0.25) is 0 Å². The van der Waals surface area contributed by atoms with Crippen LogP contribution >= 0.6 is 0 Å². The van der Waals surface area contributed by atoms with E-state index in [2.05, 4.69) is 20.8 Å². The highest BCUT2D eigenvalue weighted by molar-refractivity contribution is 6.08. The molecule has 2 N–H and O–H groups in total. The number of carbonyl (C=O) groups excluding carboxylic acids is 1. The number of nitrogens with one attached hydrogen (secondary N) is 2. The highest BCUT2D eigenvalue weighted by Crippen LogP contribution is 2.44. The molecule has 1 aliphatic rings. The number of carbonyl (C=O) groups is 1. The first-order chi connectivity index (χ1) is 17.6. The molecule has 0 fully saturated rings. The van der Waals surface area contributed by atoms with E-state index in [0.29, 0.717) is 29.2 Å². The maximum Gasteiger partial charge on any atom is 0.410 e. The number of benzene rings is 2. The summed E-state index contributed by atoms with van der Waals surface area (Å²) in [6.07, 6.45) is -3.65. The van der Waals surface area contributed by atoms with Crippen molar-refractivity contribution in [2.75, 3.05) is 10.6 Å². The predicted octanol–water partition coefficient (Wildman–Crippen LogP) is 5.80.